The number of pyridine rings is 3. The quantitative estimate of drug-likeness (QED) is 0.481. The van der Waals surface area contributed by atoms with Gasteiger partial charge in [-0.3, -0.25) is 0 Å². The predicted octanol–water partition coefficient (Wildman–Crippen LogP) is 3.21. The standard InChI is InChI=1S/C24H25N5O3/c1-24(2,30)16-31-18-11-20(21-8-10-27-29(21)15-18)17-6-7-22(26-12-17)28-13-19(14-28)32-23-5-3-4-9-25-23/h3-12,15,19,30H,13-14,16H2,1-2H3. The van der Waals surface area contributed by atoms with Gasteiger partial charge < -0.3 is 19.5 Å². The van der Waals surface area contributed by atoms with E-state index < -0.39 is 5.60 Å². The molecule has 164 valence electrons. The smallest absolute Gasteiger partial charge is 0.213 e. The second-order valence-corrected chi connectivity index (χ2v) is 8.57. The molecule has 8 nitrogen and oxygen atoms in total. The molecule has 0 bridgehead atoms. The highest BCUT2D eigenvalue weighted by molar-refractivity contribution is 5.81. The Morgan fingerprint density at radius 3 is 2.69 bits per heavy atom. The Hall–Kier alpha value is -3.65. The number of aromatic nitrogens is 4. The third-order valence-corrected chi connectivity index (χ3v) is 5.23. The largest absolute Gasteiger partial charge is 0.489 e. The number of hydrogen-bond acceptors (Lipinski definition) is 7. The van der Waals surface area contributed by atoms with E-state index in [-0.39, 0.29) is 12.7 Å². The molecule has 4 aromatic heterocycles. The van der Waals surface area contributed by atoms with Gasteiger partial charge in [-0.05, 0) is 44.2 Å². The van der Waals surface area contributed by atoms with Gasteiger partial charge in [-0.25, -0.2) is 14.5 Å². The lowest BCUT2D eigenvalue weighted by Gasteiger charge is -2.39. The molecule has 0 spiro atoms. The van der Waals surface area contributed by atoms with E-state index in [1.807, 2.05) is 48.8 Å². The molecule has 0 aliphatic carbocycles. The number of nitrogens with zero attached hydrogens (tertiary/aromatic N) is 5. The lowest BCUT2D eigenvalue weighted by atomic mass is 10.1. The minimum Gasteiger partial charge on any atom is -0.489 e. The molecule has 1 N–H and O–H groups in total. The van der Waals surface area contributed by atoms with E-state index in [4.69, 9.17) is 9.47 Å². The van der Waals surface area contributed by atoms with Crippen molar-refractivity contribution in [3.8, 4) is 22.8 Å². The van der Waals surface area contributed by atoms with Gasteiger partial charge in [-0.2, -0.15) is 5.10 Å². The maximum absolute atomic E-state index is 9.98. The fourth-order valence-electron chi connectivity index (χ4n) is 3.59. The Bertz CT molecular complexity index is 1200. The molecular formula is C24H25N5O3. The van der Waals surface area contributed by atoms with Crippen LogP contribution < -0.4 is 14.4 Å². The summed E-state index contributed by atoms with van der Waals surface area (Å²) in [6.45, 7) is 5.16. The van der Waals surface area contributed by atoms with Crippen LogP contribution in [0.1, 0.15) is 13.8 Å². The van der Waals surface area contributed by atoms with Crippen molar-refractivity contribution in [3.05, 3.63) is 67.3 Å². The summed E-state index contributed by atoms with van der Waals surface area (Å²) in [4.78, 5) is 11.1. The molecule has 1 aliphatic rings. The first-order valence-corrected chi connectivity index (χ1v) is 10.6. The van der Waals surface area contributed by atoms with Crippen molar-refractivity contribution in [1.29, 1.82) is 0 Å². The lowest BCUT2D eigenvalue weighted by Crippen LogP contribution is -2.54. The summed E-state index contributed by atoms with van der Waals surface area (Å²) in [5.74, 6) is 2.20. The van der Waals surface area contributed by atoms with E-state index in [9.17, 15) is 5.11 Å². The summed E-state index contributed by atoms with van der Waals surface area (Å²) in [6, 6.07) is 13.6. The van der Waals surface area contributed by atoms with Crippen molar-refractivity contribution >= 4 is 11.3 Å². The van der Waals surface area contributed by atoms with E-state index >= 15 is 0 Å². The topological polar surface area (TPSA) is 85.0 Å². The summed E-state index contributed by atoms with van der Waals surface area (Å²) in [5.41, 5.74) is 1.98. The van der Waals surface area contributed by atoms with E-state index in [1.165, 1.54) is 0 Å². The van der Waals surface area contributed by atoms with Crippen molar-refractivity contribution in [2.75, 3.05) is 24.6 Å². The predicted molar refractivity (Wildman–Crippen MR) is 121 cm³/mol. The van der Waals surface area contributed by atoms with E-state index in [2.05, 4.69) is 26.0 Å². The molecule has 4 aromatic rings. The maximum Gasteiger partial charge on any atom is 0.213 e. The molecule has 0 aromatic carbocycles. The van der Waals surface area contributed by atoms with Crippen LogP contribution in [0, 0.1) is 0 Å². The monoisotopic (exact) mass is 431 g/mol. The number of anilines is 1. The number of hydrogen-bond donors (Lipinski definition) is 1. The summed E-state index contributed by atoms with van der Waals surface area (Å²) in [7, 11) is 0. The third kappa shape index (κ3) is 4.36. The van der Waals surface area contributed by atoms with E-state index in [1.54, 1.807) is 30.8 Å². The van der Waals surface area contributed by atoms with Crippen molar-refractivity contribution < 1.29 is 14.6 Å². The van der Waals surface area contributed by atoms with Gasteiger partial charge in [0.25, 0.3) is 0 Å². The molecule has 0 atom stereocenters. The molecule has 0 saturated carbocycles. The highest BCUT2D eigenvalue weighted by Crippen LogP contribution is 2.30. The molecule has 0 amide bonds. The fraction of sp³-hybridized carbons (Fsp3) is 0.292. The van der Waals surface area contributed by atoms with Crippen LogP contribution in [-0.4, -0.2) is 56.1 Å². The van der Waals surface area contributed by atoms with Gasteiger partial charge in [0.2, 0.25) is 5.88 Å². The Morgan fingerprint density at radius 1 is 1.09 bits per heavy atom. The molecule has 5 rings (SSSR count). The Kier molecular flexibility index (Phi) is 5.14. The lowest BCUT2D eigenvalue weighted by molar-refractivity contribution is 0.0283. The second-order valence-electron chi connectivity index (χ2n) is 8.57. The molecule has 5 heterocycles. The molecule has 32 heavy (non-hydrogen) atoms. The van der Waals surface area contributed by atoms with E-state index in [0.717, 1.165) is 35.6 Å². The van der Waals surface area contributed by atoms with Gasteiger partial charge in [0.1, 0.15) is 24.3 Å². The van der Waals surface area contributed by atoms with Gasteiger partial charge in [0, 0.05) is 29.6 Å². The molecule has 8 heteroatoms. The molecular weight excluding hydrogens is 406 g/mol. The normalized spacial score (nSPS) is 14.4. The molecule has 1 aliphatic heterocycles. The Labute approximate surface area is 186 Å². The van der Waals surface area contributed by atoms with Crippen molar-refractivity contribution in [1.82, 2.24) is 19.6 Å². The van der Waals surface area contributed by atoms with Crippen LogP contribution in [0.4, 0.5) is 5.82 Å². The summed E-state index contributed by atoms with van der Waals surface area (Å²) < 4.78 is 13.4. The van der Waals surface area contributed by atoms with Crippen LogP contribution in [0.5, 0.6) is 11.6 Å². The first-order valence-electron chi connectivity index (χ1n) is 10.6. The third-order valence-electron chi connectivity index (χ3n) is 5.23. The first kappa shape index (κ1) is 20.3. The van der Waals surface area contributed by atoms with Crippen molar-refractivity contribution in [2.24, 2.45) is 0 Å². The zero-order valence-corrected chi connectivity index (χ0v) is 18.0. The van der Waals surface area contributed by atoms with Crippen LogP contribution in [0.3, 0.4) is 0 Å². The van der Waals surface area contributed by atoms with Gasteiger partial charge in [0.05, 0.1) is 36.6 Å². The number of fused-ring (bicyclic) bond motifs is 1. The van der Waals surface area contributed by atoms with Crippen LogP contribution in [0.15, 0.2) is 67.3 Å². The Balaban J connectivity index is 1.30. The Morgan fingerprint density at radius 2 is 1.97 bits per heavy atom. The number of aliphatic hydroxyl groups is 1. The average molecular weight is 431 g/mol. The highest BCUT2D eigenvalue weighted by atomic mass is 16.5. The van der Waals surface area contributed by atoms with Crippen LogP contribution in [-0.2, 0) is 0 Å². The SMILES string of the molecule is CC(C)(O)COc1cc(-c2ccc(N3CC(Oc4ccccn4)C3)nc2)c2ccnn2c1. The van der Waals surface area contributed by atoms with Gasteiger partial charge in [0.15, 0.2) is 0 Å². The molecule has 1 saturated heterocycles. The van der Waals surface area contributed by atoms with Crippen molar-refractivity contribution in [3.63, 3.8) is 0 Å². The van der Waals surface area contributed by atoms with Crippen LogP contribution in [0.25, 0.3) is 16.6 Å². The fourth-order valence-corrected chi connectivity index (χ4v) is 3.59. The zero-order valence-electron chi connectivity index (χ0n) is 18.0. The average Bonchev–Trinajstić information content (AvgIpc) is 3.23. The summed E-state index contributed by atoms with van der Waals surface area (Å²) in [5, 5.41) is 14.3. The molecule has 1 fully saturated rings. The van der Waals surface area contributed by atoms with Crippen LogP contribution in [0.2, 0.25) is 0 Å². The minimum absolute atomic E-state index is 0.113. The highest BCUT2D eigenvalue weighted by Gasteiger charge is 2.29. The number of rotatable bonds is 7. The minimum atomic E-state index is -0.919. The van der Waals surface area contributed by atoms with Crippen LogP contribution >= 0.6 is 0 Å². The van der Waals surface area contributed by atoms with E-state index in [0.29, 0.717) is 11.6 Å². The second kappa shape index (κ2) is 8.12. The summed E-state index contributed by atoms with van der Waals surface area (Å²) in [6.07, 6.45) is 7.28. The first-order chi connectivity index (χ1) is 15.4. The van der Waals surface area contributed by atoms with Gasteiger partial charge in [-0.1, -0.05) is 6.07 Å². The zero-order chi connectivity index (χ0) is 22.1. The van der Waals surface area contributed by atoms with Crippen molar-refractivity contribution in [2.45, 2.75) is 25.6 Å². The van der Waals surface area contributed by atoms with Gasteiger partial charge >= 0.3 is 0 Å². The maximum atomic E-state index is 9.98. The summed E-state index contributed by atoms with van der Waals surface area (Å²) >= 11 is 0. The number of ether oxygens (including phenoxy) is 2. The molecule has 0 unspecified atom stereocenters. The molecule has 0 radical (unpaired) electrons. The van der Waals surface area contributed by atoms with Gasteiger partial charge in [-0.15, -0.1) is 0 Å².